The molecule has 2 N–H and O–H groups in total. The fraction of sp³-hybridized carbons (Fsp3) is 0.450. The molecule has 3 rings (SSSR count). The van der Waals surface area contributed by atoms with Gasteiger partial charge in [-0.25, -0.2) is 4.99 Å². The topological polar surface area (TPSA) is 103 Å². The molecule has 1 amide bonds. The Bertz CT molecular complexity index is 826. The first-order valence-electron chi connectivity index (χ1n) is 9.72. The summed E-state index contributed by atoms with van der Waals surface area (Å²) < 4.78 is 10.7. The second-order valence-corrected chi connectivity index (χ2v) is 6.71. The Morgan fingerprint density at radius 1 is 1.31 bits per heavy atom. The Labute approximate surface area is 169 Å². The number of nitrogens with zero attached hydrogens (tertiary/aromatic N) is 4. The van der Waals surface area contributed by atoms with Crippen molar-refractivity contribution in [3.05, 3.63) is 35.5 Å². The largest absolute Gasteiger partial charge is 0.494 e. The molecule has 0 atom stereocenters. The molecule has 9 nitrogen and oxygen atoms in total. The molecule has 1 aliphatic heterocycles. The van der Waals surface area contributed by atoms with Crippen molar-refractivity contribution in [2.24, 2.45) is 4.99 Å². The van der Waals surface area contributed by atoms with E-state index in [1.165, 1.54) is 0 Å². The van der Waals surface area contributed by atoms with Gasteiger partial charge >= 0.3 is 0 Å². The third-order valence-electron chi connectivity index (χ3n) is 4.66. The van der Waals surface area contributed by atoms with Crippen molar-refractivity contribution in [1.82, 2.24) is 15.0 Å². The number of rotatable bonds is 8. The van der Waals surface area contributed by atoms with E-state index in [2.05, 4.69) is 25.3 Å². The van der Waals surface area contributed by atoms with Crippen molar-refractivity contribution in [2.45, 2.75) is 13.8 Å². The summed E-state index contributed by atoms with van der Waals surface area (Å²) in [6.45, 7) is 8.36. The minimum atomic E-state index is -0.326. The van der Waals surface area contributed by atoms with Crippen molar-refractivity contribution in [2.75, 3.05) is 51.3 Å². The van der Waals surface area contributed by atoms with Crippen LogP contribution in [0.15, 0.2) is 33.8 Å². The predicted molar refractivity (Wildman–Crippen MR) is 110 cm³/mol. The summed E-state index contributed by atoms with van der Waals surface area (Å²) in [7, 11) is 0. The smallest absolute Gasteiger partial charge is 0.264 e. The highest BCUT2D eigenvalue weighted by molar-refractivity contribution is 6.07. The lowest BCUT2D eigenvalue weighted by atomic mass is 10.2. The molecule has 1 aliphatic rings. The highest BCUT2D eigenvalue weighted by Gasteiger charge is 2.21. The first-order chi connectivity index (χ1) is 14.1. The van der Waals surface area contributed by atoms with Crippen LogP contribution < -0.4 is 10.1 Å². The van der Waals surface area contributed by atoms with Gasteiger partial charge in [0.25, 0.3) is 11.8 Å². The minimum absolute atomic E-state index is 0.165. The number of ether oxygens (including phenoxy) is 1. The molecule has 1 aromatic heterocycles. The van der Waals surface area contributed by atoms with Crippen molar-refractivity contribution < 1.29 is 19.2 Å². The summed E-state index contributed by atoms with van der Waals surface area (Å²) in [5.41, 5.74) is 1.44. The number of aliphatic hydroxyl groups is 1. The fourth-order valence-electron chi connectivity index (χ4n) is 3.08. The SMILES string of the molecule is CCOc1ccc(NC(=O)c2c(C)noc2/N=C/N2CCN(CCO)CC2)cc1. The van der Waals surface area contributed by atoms with Gasteiger partial charge < -0.3 is 24.6 Å². The summed E-state index contributed by atoms with van der Waals surface area (Å²) >= 11 is 0. The van der Waals surface area contributed by atoms with Crippen molar-refractivity contribution in [3.8, 4) is 5.75 Å². The van der Waals surface area contributed by atoms with Crippen LogP contribution in [0.4, 0.5) is 11.6 Å². The quantitative estimate of drug-likeness (QED) is 0.514. The number of aliphatic hydroxyl groups excluding tert-OH is 1. The van der Waals surface area contributed by atoms with Gasteiger partial charge in [0.1, 0.15) is 11.3 Å². The Balaban J connectivity index is 1.63. The Morgan fingerprint density at radius 2 is 2.03 bits per heavy atom. The van der Waals surface area contributed by atoms with Crippen LogP contribution in [0.1, 0.15) is 23.0 Å². The summed E-state index contributed by atoms with van der Waals surface area (Å²) in [6.07, 6.45) is 1.68. The van der Waals surface area contributed by atoms with E-state index >= 15 is 0 Å². The van der Waals surface area contributed by atoms with E-state index in [1.807, 2.05) is 6.92 Å². The summed E-state index contributed by atoms with van der Waals surface area (Å²) in [5, 5.41) is 15.8. The summed E-state index contributed by atoms with van der Waals surface area (Å²) in [6, 6.07) is 7.16. The Hall–Kier alpha value is -2.91. The number of benzene rings is 1. The number of β-amino-alcohol motifs (C(OH)–C–C–N with tert-alkyl or cyclic N) is 1. The van der Waals surface area contributed by atoms with Crippen LogP contribution in [0, 0.1) is 6.92 Å². The monoisotopic (exact) mass is 401 g/mol. The molecule has 2 aromatic rings. The maximum atomic E-state index is 12.7. The molecule has 1 aromatic carbocycles. The highest BCUT2D eigenvalue weighted by Crippen LogP contribution is 2.24. The van der Waals surface area contributed by atoms with Gasteiger partial charge in [-0.2, -0.15) is 0 Å². The minimum Gasteiger partial charge on any atom is -0.494 e. The van der Waals surface area contributed by atoms with Crippen LogP contribution in [0.3, 0.4) is 0 Å². The van der Waals surface area contributed by atoms with Crippen LogP contribution in [-0.2, 0) is 0 Å². The van der Waals surface area contributed by atoms with Gasteiger partial charge in [-0.1, -0.05) is 5.16 Å². The molecule has 9 heteroatoms. The van der Waals surface area contributed by atoms with E-state index in [1.54, 1.807) is 37.5 Å². The maximum absolute atomic E-state index is 12.7. The second kappa shape index (κ2) is 10.0. The second-order valence-electron chi connectivity index (χ2n) is 6.71. The van der Waals surface area contributed by atoms with Gasteiger partial charge in [0.05, 0.1) is 25.2 Å². The van der Waals surface area contributed by atoms with Gasteiger partial charge in [0, 0.05) is 38.4 Å². The number of carbonyl (C=O) groups is 1. The van der Waals surface area contributed by atoms with E-state index in [-0.39, 0.29) is 18.4 Å². The number of nitrogens with one attached hydrogen (secondary N) is 1. The number of anilines is 1. The van der Waals surface area contributed by atoms with Crippen LogP contribution >= 0.6 is 0 Å². The van der Waals surface area contributed by atoms with Crippen LogP contribution in [0.2, 0.25) is 0 Å². The van der Waals surface area contributed by atoms with Crippen molar-refractivity contribution in [3.63, 3.8) is 0 Å². The lowest BCUT2D eigenvalue weighted by Crippen LogP contribution is -2.46. The molecule has 1 saturated heterocycles. The molecule has 1 fully saturated rings. The molecule has 0 aliphatic carbocycles. The van der Waals surface area contributed by atoms with Gasteiger partial charge in [0.2, 0.25) is 0 Å². The Morgan fingerprint density at radius 3 is 2.69 bits per heavy atom. The number of hydrogen-bond donors (Lipinski definition) is 2. The van der Waals surface area contributed by atoms with E-state index in [0.717, 1.165) is 31.9 Å². The van der Waals surface area contributed by atoms with Crippen molar-refractivity contribution >= 4 is 23.8 Å². The molecule has 29 heavy (non-hydrogen) atoms. The average Bonchev–Trinajstić information content (AvgIpc) is 3.10. The van der Waals surface area contributed by atoms with E-state index in [4.69, 9.17) is 14.4 Å². The zero-order valence-electron chi connectivity index (χ0n) is 16.8. The highest BCUT2D eigenvalue weighted by atomic mass is 16.5. The molecule has 0 radical (unpaired) electrons. The Kier molecular flexibility index (Phi) is 7.20. The summed E-state index contributed by atoms with van der Waals surface area (Å²) in [5.74, 6) is 0.604. The number of amides is 1. The molecule has 0 unspecified atom stereocenters. The summed E-state index contributed by atoms with van der Waals surface area (Å²) in [4.78, 5) is 21.3. The standard InChI is InChI=1S/C20H27N5O4/c1-3-28-17-6-4-16(5-7-17)22-19(27)18-15(2)23-29-20(18)21-14-25-10-8-24(9-11-25)12-13-26/h4-7,14,26H,3,8-13H2,1-2H3,(H,22,27)/b21-14+. The predicted octanol–water partition coefficient (Wildman–Crippen LogP) is 1.90. The number of piperazine rings is 1. The number of carbonyl (C=O) groups excluding carboxylic acids is 1. The maximum Gasteiger partial charge on any atom is 0.264 e. The van der Waals surface area contributed by atoms with Crippen LogP contribution in [-0.4, -0.2) is 78.2 Å². The fourth-order valence-corrected chi connectivity index (χ4v) is 3.08. The zero-order chi connectivity index (χ0) is 20.6. The molecule has 0 saturated carbocycles. The molecule has 0 bridgehead atoms. The van der Waals surface area contributed by atoms with Gasteiger partial charge in [-0.15, -0.1) is 0 Å². The number of aliphatic imine (C=N–C) groups is 1. The third kappa shape index (κ3) is 5.55. The van der Waals surface area contributed by atoms with Gasteiger partial charge in [0.15, 0.2) is 0 Å². The first kappa shape index (κ1) is 20.8. The van der Waals surface area contributed by atoms with Crippen molar-refractivity contribution in [1.29, 1.82) is 0 Å². The molecule has 156 valence electrons. The normalized spacial score (nSPS) is 15.1. The van der Waals surface area contributed by atoms with Crippen LogP contribution in [0.5, 0.6) is 5.75 Å². The number of aryl methyl sites for hydroxylation is 1. The average molecular weight is 401 g/mol. The van der Waals surface area contributed by atoms with E-state index < -0.39 is 0 Å². The third-order valence-corrected chi connectivity index (χ3v) is 4.66. The van der Waals surface area contributed by atoms with Crippen LogP contribution in [0.25, 0.3) is 0 Å². The zero-order valence-corrected chi connectivity index (χ0v) is 16.8. The number of aromatic nitrogens is 1. The molecule has 0 spiro atoms. The molecule has 2 heterocycles. The lowest BCUT2D eigenvalue weighted by molar-refractivity contribution is 0.102. The van der Waals surface area contributed by atoms with Gasteiger partial charge in [-0.3, -0.25) is 9.69 Å². The molecular formula is C20H27N5O4. The van der Waals surface area contributed by atoms with E-state index in [9.17, 15) is 4.79 Å². The molecular weight excluding hydrogens is 374 g/mol. The lowest BCUT2D eigenvalue weighted by Gasteiger charge is -2.32. The number of hydrogen-bond acceptors (Lipinski definition) is 7. The van der Waals surface area contributed by atoms with E-state index in [0.29, 0.717) is 30.1 Å². The first-order valence-corrected chi connectivity index (χ1v) is 9.72. The van der Waals surface area contributed by atoms with Gasteiger partial charge in [-0.05, 0) is 38.1 Å².